The Balaban J connectivity index is 1.87. The molecule has 0 atom stereocenters. The number of carbonyl (C=O) groups excluding carboxylic acids is 1. The van der Waals surface area contributed by atoms with Crippen LogP contribution in [0.5, 0.6) is 0 Å². The van der Waals surface area contributed by atoms with Gasteiger partial charge in [0.2, 0.25) is 0 Å². The molecule has 3 rings (SSSR count). The first-order chi connectivity index (χ1) is 10.1. The number of carbonyl (C=O) groups is 1. The molecule has 4 nitrogen and oxygen atoms in total. The van der Waals surface area contributed by atoms with Gasteiger partial charge in [-0.2, -0.15) is 0 Å². The lowest BCUT2D eigenvalue weighted by Crippen LogP contribution is -2.12. The van der Waals surface area contributed by atoms with Gasteiger partial charge in [-0.3, -0.25) is 9.78 Å². The summed E-state index contributed by atoms with van der Waals surface area (Å²) < 4.78 is 0. The topological polar surface area (TPSA) is 68.0 Å². The van der Waals surface area contributed by atoms with Gasteiger partial charge in [-0.1, -0.05) is 18.2 Å². The summed E-state index contributed by atoms with van der Waals surface area (Å²) in [6, 6.07) is 14.9. The zero-order valence-electron chi connectivity index (χ0n) is 11.6. The Morgan fingerprint density at radius 2 is 1.95 bits per heavy atom. The first kappa shape index (κ1) is 13.1. The van der Waals surface area contributed by atoms with Gasteiger partial charge in [0.1, 0.15) is 0 Å². The average Bonchev–Trinajstić information content (AvgIpc) is 2.50. The van der Waals surface area contributed by atoms with Crippen molar-refractivity contribution in [3.8, 4) is 0 Å². The van der Waals surface area contributed by atoms with Gasteiger partial charge in [-0.15, -0.1) is 0 Å². The Labute approximate surface area is 122 Å². The predicted molar refractivity (Wildman–Crippen MR) is 85.3 cm³/mol. The molecule has 21 heavy (non-hydrogen) atoms. The predicted octanol–water partition coefficient (Wildman–Crippen LogP) is 3.38. The minimum absolute atomic E-state index is 0.171. The maximum atomic E-state index is 12.2. The van der Waals surface area contributed by atoms with Crippen LogP contribution < -0.4 is 11.1 Å². The molecule has 0 unspecified atom stereocenters. The Morgan fingerprint density at radius 1 is 1.14 bits per heavy atom. The number of hydrogen-bond acceptors (Lipinski definition) is 3. The molecule has 0 aliphatic carbocycles. The van der Waals surface area contributed by atoms with Crippen LogP contribution in [0.25, 0.3) is 10.9 Å². The van der Waals surface area contributed by atoms with Crippen LogP contribution in [0, 0.1) is 6.92 Å². The minimum atomic E-state index is -0.171. The van der Waals surface area contributed by atoms with Crippen molar-refractivity contribution >= 4 is 28.2 Å². The number of rotatable bonds is 2. The Hall–Kier alpha value is -2.88. The summed E-state index contributed by atoms with van der Waals surface area (Å²) in [6.07, 6.45) is 1.66. The number of pyridine rings is 1. The first-order valence-corrected chi connectivity index (χ1v) is 6.66. The zero-order valence-corrected chi connectivity index (χ0v) is 11.6. The summed E-state index contributed by atoms with van der Waals surface area (Å²) in [5, 5.41) is 3.84. The second-order valence-corrected chi connectivity index (χ2v) is 4.94. The van der Waals surface area contributed by atoms with Crippen molar-refractivity contribution in [2.45, 2.75) is 6.92 Å². The highest BCUT2D eigenvalue weighted by Crippen LogP contribution is 2.18. The largest absolute Gasteiger partial charge is 0.399 e. The van der Waals surface area contributed by atoms with E-state index in [1.54, 1.807) is 24.4 Å². The molecule has 0 saturated carbocycles. The number of anilines is 2. The van der Waals surface area contributed by atoms with Gasteiger partial charge in [-0.05, 0) is 42.8 Å². The minimum Gasteiger partial charge on any atom is -0.399 e. The molecule has 0 saturated heterocycles. The van der Waals surface area contributed by atoms with Crippen LogP contribution in [0.4, 0.5) is 11.4 Å². The number of nitrogen functional groups attached to an aromatic ring is 1. The summed E-state index contributed by atoms with van der Waals surface area (Å²) in [5.41, 5.74) is 9.48. The van der Waals surface area contributed by atoms with Crippen LogP contribution in [-0.2, 0) is 0 Å². The maximum Gasteiger partial charge on any atom is 0.255 e. The van der Waals surface area contributed by atoms with Crippen LogP contribution in [0.2, 0.25) is 0 Å². The van der Waals surface area contributed by atoms with Gasteiger partial charge in [0, 0.05) is 16.6 Å². The smallest absolute Gasteiger partial charge is 0.255 e. The third-order valence-corrected chi connectivity index (χ3v) is 3.38. The van der Waals surface area contributed by atoms with Crippen molar-refractivity contribution in [2.75, 3.05) is 11.1 Å². The normalized spacial score (nSPS) is 10.5. The lowest BCUT2D eigenvalue weighted by molar-refractivity contribution is 0.102. The molecule has 0 aliphatic rings. The van der Waals surface area contributed by atoms with E-state index < -0.39 is 0 Å². The van der Waals surface area contributed by atoms with Crippen LogP contribution in [0.3, 0.4) is 0 Å². The molecule has 1 amide bonds. The number of hydrogen-bond donors (Lipinski definition) is 2. The number of nitrogens with one attached hydrogen (secondary N) is 1. The third kappa shape index (κ3) is 2.69. The lowest BCUT2D eigenvalue weighted by atomic mass is 10.1. The first-order valence-electron chi connectivity index (χ1n) is 6.66. The fourth-order valence-electron chi connectivity index (χ4n) is 2.16. The number of aryl methyl sites for hydroxylation is 1. The molecule has 3 N–H and O–H groups in total. The van der Waals surface area contributed by atoms with Crippen LogP contribution in [0.15, 0.2) is 54.7 Å². The Morgan fingerprint density at radius 3 is 2.76 bits per heavy atom. The summed E-state index contributed by atoms with van der Waals surface area (Å²) in [6.45, 7) is 1.88. The molecule has 0 aliphatic heterocycles. The van der Waals surface area contributed by atoms with E-state index >= 15 is 0 Å². The van der Waals surface area contributed by atoms with E-state index in [-0.39, 0.29) is 5.91 Å². The number of aromatic nitrogens is 1. The van der Waals surface area contributed by atoms with Gasteiger partial charge in [0.25, 0.3) is 5.91 Å². The number of fused-ring (bicyclic) bond motifs is 1. The van der Waals surface area contributed by atoms with E-state index in [2.05, 4.69) is 10.3 Å². The highest BCUT2D eigenvalue weighted by atomic mass is 16.1. The number of benzene rings is 2. The Bertz CT molecular complexity index is 827. The second-order valence-electron chi connectivity index (χ2n) is 4.94. The summed E-state index contributed by atoms with van der Waals surface area (Å²) in [5.74, 6) is -0.171. The molecular formula is C17H15N3O. The molecule has 0 fully saturated rings. The van der Waals surface area contributed by atoms with Gasteiger partial charge in [0.15, 0.2) is 0 Å². The molecule has 0 spiro atoms. The maximum absolute atomic E-state index is 12.2. The monoisotopic (exact) mass is 277 g/mol. The lowest BCUT2D eigenvalue weighted by Gasteiger charge is -2.07. The molecule has 3 aromatic rings. The Kier molecular flexibility index (Phi) is 3.28. The fraction of sp³-hybridized carbons (Fsp3) is 0.0588. The SMILES string of the molecule is Cc1cc(C(=O)Nc2cnc3ccccc3c2)ccc1N. The molecule has 2 aromatic carbocycles. The van der Waals surface area contributed by atoms with Crippen molar-refractivity contribution in [2.24, 2.45) is 0 Å². The number of nitrogens with zero attached hydrogens (tertiary/aromatic N) is 1. The van der Waals surface area contributed by atoms with Crippen molar-refractivity contribution < 1.29 is 4.79 Å². The van der Waals surface area contributed by atoms with Gasteiger partial charge in [0.05, 0.1) is 17.4 Å². The second kappa shape index (κ2) is 5.25. The van der Waals surface area contributed by atoms with Gasteiger partial charge >= 0.3 is 0 Å². The highest BCUT2D eigenvalue weighted by Gasteiger charge is 2.08. The third-order valence-electron chi connectivity index (χ3n) is 3.38. The van der Waals surface area contributed by atoms with E-state index in [1.807, 2.05) is 37.3 Å². The van der Waals surface area contributed by atoms with Crippen molar-refractivity contribution in [3.63, 3.8) is 0 Å². The number of para-hydroxylation sites is 1. The number of amides is 1. The quantitative estimate of drug-likeness (QED) is 0.706. The van der Waals surface area contributed by atoms with E-state index in [1.165, 1.54) is 0 Å². The standard InChI is InChI=1S/C17H15N3O/c1-11-8-13(6-7-15(11)18)17(21)20-14-9-12-4-2-3-5-16(12)19-10-14/h2-10H,18H2,1H3,(H,20,21). The van der Waals surface area contributed by atoms with Crippen molar-refractivity contribution in [1.29, 1.82) is 0 Å². The highest BCUT2D eigenvalue weighted by molar-refractivity contribution is 6.05. The van der Waals surface area contributed by atoms with Crippen molar-refractivity contribution in [3.05, 3.63) is 65.9 Å². The van der Waals surface area contributed by atoms with Gasteiger partial charge in [-0.25, -0.2) is 0 Å². The van der Waals surface area contributed by atoms with Crippen molar-refractivity contribution in [1.82, 2.24) is 4.98 Å². The summed E-state index contributed by atoms with van der Waals surface area (Å²) in [4.78, 5) is 16.6. The number of nitrogens with two attached hydrogens (primary N) is 1. The molecule has 0 radical (unpaired) electrons. The molecule has 104 valence electrons. The van der Waals surface area contributed by atoms with Gasteiger partial charge < -0.3 is 11.1 Å². The average molecular weight is 277 g/mol. The fourth-order valence-corrected chi connectivity index (χ4v) is 2.16. The molecule has 1 aromatic heterocycles. The molecule has 0 bridgehead atoms. The van der Waals surface area contributed by atoms with Crippen LogP contribution in [0.1, 0.15) is 15.9 Å². The van der Waals surface area contributed by atoms with E-state index in [0.29, 0.717) is 16.9 Å². The van der Waals surface area contributed by atoms with E-state index in [0.717, 1.165) is 16.5 Å². The zero-order chi connectivity index (χ0) is 14.8. The molecule has 1 heterocycles. The van der Waals surface area contributed by atoms with Crippen LogP contribution in [-0.4, -0.2) is 10.9 Å². The summed E-state index contributed by atoms with van der Waals surface area (Å²) >= 11 is 0. The molecular weight excluding hydrogens is 262 g/mol. The summed E-state index contributed by atoms with van der Waals surface area (Å²) in [7, 11) is 0. The molecule has 4 heteroatoms. The van der Waals surface area contributed by atoms with E-state index in [9.17, 15) is 4.79 Å². The van der Waals surface area contributed by atoms with Crippen LogP contribution >= 0.6 is 0 Å². The van der Waals surface area contributed by atoms with E-state index in [4.69, 9.17) is 5.73 Å².